The Morgan fingerprint density at radius 3 is 2.77 bits per heavy atom. The van der Waals surface area contributed by atoms with Gasteiger partial charge in [-0.1, -0.05) is 12.1 Å². The van der Waals surface area contributed by atoms with E-state index >= 15 is 0 Å². The second-order valence-corrected chi connectivity index (χ2v) is 6.84. The zero-order valence-electron chi connectivity index (χ0n) is 16.3. The first kappa shape index (κ1) is 18.4. The van der Waals surface area contributed by atoms with Gasteiger partial charge in [-0.2, -0.15) is 5.10 Å². The van der Waals surface area contributed by atoms with E-state index < -0.39 is 0 Å². The fourth-order valence-electron chi connectivity index (χ4n) is 3.18. The number of aromatic amines is 1. The van der Waals surface area contributed by atoms with Crippen LogP contribution in [-0.4, -0.2) is 31.1 Å². The van der Waals surface area contributed by atoms with Crippen LogP contribution in [0.1, 0.15) is 10.4 Å². The zero-order valence-corrected chi connectivity index (χ0v) is 16.3. The summed E-state index contributed by atoms with van der Waals surface area (Å²) in [6.45, 7) is 0. The number of carbonyl (C=O) groups is 1. The minimum atomic E-state index is -0.224. The van der Waals surface area contributed by atoms with Crippen LogP contribution < -0.4 is 10.6 Å². The van der Waals surface area contributed by atoms with Crippen molar-refractivity contribution >= 4 is 34.0 Å². The van der Waals surface area contributed by atoms with Crippen molar-refractivity contribution in [2.45, 2.75) is 0 Å². The Hall–Kier alpha value is -4.59. The Kier molecular flexibility index (Phi) is 4.78. The van der Waals surface area contributed by atoms with Crippen LogP contribution in [0.5, 0.6) is 0 Å². The average Bonchev–Trinajstić information content (AvgIpc) is 3.28. The smallest absolute Gasteiger partial charge is 0.255 e. The molecule has 0 bridgehead atoms. The Labute approximate surface area is 177 Å². The fourth-order valence-corrected chi connectivity index (χ4v) is 3.18. The van der Waals surface area contributed by atoms with Crippen LogP contribution >= 0.6 is 0 Å². The van der Waals surface area contributed by atoms with Crippen molar-refractivity contribution in [1.82, 2.24) is 25.1 Å². The molecule has 8 heteroatoms. The number of aromatic nitrogens is 5. The molecule has 150 valence electrons. The molecule has 0 unspecified atom stereocenters. The lowest BCUT2D eigenvalue weighted by Crippen LogP contribution is -2.12. The molecule has 0 aliphatic rings. The Balaban J connectivity index is 1.38. The Bertz CT molecular complexity index is 1360. The Morgan fingerprint density at radius 1 is 0.903 bits per heavy atom. The molecule has 1 amide bonds. The second-order valence-electron chi connectivity index (χ2n) is 6.84. The average molecular weight is 407 g/mol. The van der Waals surface area contributed by atoms with Crippen molar-refractivity contribution in [3.63, 3.8) is 0 Å². The molecule has 0 saturated heterocycles. The quantitative estimate of drug-likeness (QED) is 0.398. The molecule has 0 aliphatic heterocycles. The van der Waals surface area contributed by atoms with E-state index in [2.05, 4.69) is 35.8 Å². The number of H-pyrrole nitrogens is 1. The number of amides is 1. The summed E-state index contributed by atoms with van der Waals surface area (Å²) in [5, 5.41) is 14.1. The van der Waals surface area contributed by atoms with Gasteiger partial charge in [-0.25, -0.2) is 9.97 Å². The third-order valence-electron chi connectivity index (χ3n) is 4.67. The highest BCUT2D eigenvalue weighted by Crippen LogP contribution is 2.22. The number of pyridine rings is 1. The third kappa shape index (κ3) is 4.08. The summed E-state index contributed by atoms with van der Waals surface area (Å²) in [7, 11) is 0. The van der Waals surface area contributed by atoms with Gasteiger partial charge in [-0.05, 0) is 48.5 Å². The standard InChI is InChI=1S/C23H17N7O/c31-23(28-19-5-2-9-24-14-19)16-4-1-3-15(11-16)22-25-10-8-21(29-22)27-18-6-7-20-17(12-18)13-26-30-20/h1-14H,(H,26,30)(H,28,31)(H,25,27,29). The first-order valence-corrected chi connectivity index (χ1v) is 9.60. The molecule has 0 fully saturated rings. The summed E-state index contributed by atoms with van der Waals surface area (Å²) in [6.07, 6.45) is 6.71. The predicted octanol–water partition coefficient (Wildman–Crippen LogP) is 4.41. The van der Waals surface area contributed by atoms with Gasteiger partial charge in [-0.15, -0.1) is 0 Å². The lowest BCUT2D eigenvalue weighted by molar-refractivity contribution is 0.102. The SMILES string of the molecule is O=C(Nc1cccnc1)c1cccc(-c2nccc(Nc3ccc4[nH]ncc4c3)n2)c1. The number of nitrogens with one attached hydrogen (secondary N) is 3. The summed E-state index contributed by atoms with van der Waals surface area (Å²) in [5.74, 6) is 0.945. The van der Waals surface area contributed by atoms with Gasteiger partial charge in [0.05, 0.1) is 23.6 Å². The van der Waals surface area contributed by atoms with E-state index in [0.29, 0.717) is 22.9 Å². The molecule has 3 N–H and O–H groups in total. The lowest BCUT2D eigenvalue weighted by Gasteiger charge is -2.09. The monoisotopic (exact) mass is 407 g/mol. The molecular formula is C23H17N7O. The predicted molar refractivity (Wildman–Crippen MR) is 119 cm³/mol. The molecule has 8 nitrogen and oxygen atoms in total. The second kappa shape index (κ2) is 8.03. The van der Waals surface area contributed by atoms with Crippen molar-refractivity contribution in [3.8, 4) is 11.4 Å². The van der Waals surface area contributed by atoms with Crippen LogP contribution in [0.25, 0.3) is 22.3 Å². The number of benzene rings is 2. The van der Waals surface area contributed by atoms with E-state index in [9.17, 15) is 4.79 Å². The molecule has 31 heavy (non-hydrogen) atoms. The molecule has 5 rings (SSSR count). The van der Waals surface area contributed by atoms with Crippen molar-refractivity contribution in [3.05, 3.63) is 91.0 Å². The molecular weight excluding hydrogens is 390 g/mol. The largest absolute Gasteiger partial charge is 0.340 e. The van der Waals surface area contributed by atoms with Crippen molar-refractivity contribution in [2.24, 2.45) is 0 Å². The molecule has 5 aromatic rings. The van der Waals surface area contributed by atoms with Gasteiger partial charge >= 0.3 is 0 Å². The number of carbonyl (C=O) groups excluding carboxylic acids is 1. The Morgan fingerprint density at radius 2 is 1.87 bits per heavy atom. The lowest BCUT2D eigenvalue weighted by atomic mass is 10.1. The summed E-state index contributed by atoms with van der Waals surface area (Å²) in [6, 6.07) is 18.4. The molecule has 3 heterocycles. The first-order valence-electron chi connectivity index (χ1n) is 9.60. The van der Waals surface area contributed by atoms with Crippen molar-refractivity contribution in [2.75, 3.05) is 10.6 Å². The van der Waals surface area contributed by atoms with Gasteiger partial charge < -0.3 is 10.6 Å². The highest BCUT2D eigenvalue weighted by Gasteiger charge is 2.10. The molecule has 2 aromatic carbocycles. The minimum Gasteiger partial charge on any atom is -0.340 e. The highest BCUT2D eigenvalue weighted by atomic mass is 16.1. The van der Waals surface area contributed by atoms with Gasteiger partial charge in [0.15, 0.2) is 5.82 Å². The zero-order chi connectivity index (χ0) is 21.0. The molecule has 0 saturated carbocycles. The molecule has 0 radical (unpaired) electrons. The van der Waals surface area contributed by atoms with Crippen LogP contribution in [0.3, 0.4) is 0 Å². The van der Waals surface area contributed by atoms with Crippen LogP contribution in [0, 0.1) is 0 Å². The topological polar surface area (TPSA) is 108 Å². The molecule has 0 spiro atoms. The molecule has 0 aliphatic carbocycles. The number of anilines is 3. The van der Waals surface area contributed by atoms with E-state index in [1.54, 1.807) is 55.1 Å². The van der Waals surface area contributed by atoms with E-state index in [-0.39, 0.29) is 5.91 Å². The number of nitrogens with zero attached hydrogens (tertiary/aromatic N) is 4. The number of fused-ring (bicyclic) bond motifs is 1. The van der Waals surface area contributed by atoms with E-state index in [0.717, 1.165) is 22.2 Å². The molecule has 3 aromatic heterocycles. The van der Waals surface area contributed by atoms with Crippen molar-refractivity contribution < 1.29 is 4.79 Å². The van der Waals surface area contributed by atoms with Crippen LogP contribution in [0.2, 0.25) is 0 Å². The van der Waals surface area contributed by atoms with Gasteiger partial charge in [0.25, 0.3) is 5.91 Å². The molecule has 0 atom stereocenters. The highest BCUT2D eigenvalue weighted by molar-refractivity contribution is 6.04. The maximum atomic E-state index is 12.6. The summed E-state index contributed by atoms with van der Waals surface area (Å²) < 4.78 is 0. The summed E-state index contributed by atoms with van der Waals surface area (Å²) in [4.78, 5) is 25.6. The van der Waals surface area contributed by atoms with E-state index in [1.165, 1.54) is 0 Å². The first-order chi connectivity index (χ1) is 15.2. The van der Waals surface area contributed by atoms with Crippen LogP contribution in [0.15, 0.2) is 85.5 Å². The minimum absolute atomic E-state index is 0.224. The van der Waals surface area contributed by atoms with Crippen LogP contribution in [0.4, 0.5) is 17.2 Å². The number of hydrogen-bond acceptors (Lipinski definition) is 6. The van der Waals surface area contributed by atoms with Gasteiger partial charge in [0, 0.05) is 34.6 Å². The fraction of sp³-hybridized carbons (Fsp3) is 0. The normalized spacial score (nSPS) is 10.7. The number of hydrogen-bond donors (Lipinski definition) is 3. The summed E-state index contributed by atoms with van der Waals surface area (Å²) in [5.41, 5.74) is 3.75. The van der Waals surface area contributed by atoms with Crippen molar-refractivity contribution in [1.29, 1.82) is 0 Å². The van der Waals surface area contributed by atoms with E-state index in [4.69, 9.17) is 0 Å². The van der Waals surface area contributed by atoms with Gasteiger partial charge in [-0.3, -0.25) is 14.9 Å². The van der Waals surface area contributed by atoms with Gasteiger partial charge in [0.2, 0.25) is 0 Å². The number of rotatable bonds is 5. The summed E-state index contributed by atoms with van der Waals surface area (Å²) >= 11 is 0. The van der Waals surface area contributed by atoms with Crippen LogP contribution in [-0.2, 0) is 0 Å². The third-order valence-corrected chi connectivity index (χ3v) is 4.67. The van der Waals surface area contributed by atoms with Gasteiger partial charge in [0.1, 0.15) is 5.82 Å². The van der Waals surface area contributed by atoms with E-state index in [1.807, 2.05) is 30.3 Å². The maximum Gasteiger partial charge on any atom is 0.255 e. The maximum absolute atomic E-state index is 12.6.